The van der Waals surface area contributed by atoms with E-state index in [0.29, 0.717) is 24.0 Å². The number of carbonyl (C=O) groups excluding carboxylic acids is 1. The Morgan fingerprint density at radius 3 is 2.81 bits per heavy atom. The third-order valence-electron chi connectivity index (χ3n) is 3.40. The van der Waals surface area contributed by atoms with E-state index in [1.165, 1.54) is 12.8 Å². The van der Waals surface area contributed by atoms with Gasteiger partial charge in [-0.1, -0.05) is 11.6 Å². The van der Waals surface area contributed by atoms with E-state index in [1.807, 2.05) is 0 Å². The highest BCUT2D eigenvalue weighted by molar-refractivity contribution is 6.30. The summed E-state index contributed by atoms with van der Waals surface area (Å²) in [7, 11) is 0. The molecule has 1 aliphatic heterocycles. The van der Waals surface area contributed by atoms with Crippen molar-refractivity contribution in [3.8, 4) is 5.75 Å². The maximum absolute atomic E-state index is 11.7. The molecule has 2 rings (SSSR count). The number of amides is 1. The molecule has 0 aromatic heterocycles. The Hall–Kier alpha value is -0.970. The van der Waals surface area contributed by atoms with Crippen molar-refractivity contribution in [3.05, 3.63) is 29.3 Å². The van der Waals surface area contributed by atoms with Crippen LogP contribution < -0.4 is 15.4 Å². The van der Waals surface area contributed by atoms with Gasteiger partial charge in [-0.2, -0.15) is 0 Å². The molecule has 1 atom stereocenters. The van der Waals surface area contributed by atoms with E-state index in [-0.39, 0.29) is 18.3 Å². The van der Waals surface area contributed by atoms with Gasteiger partial charge >= 0.3 is 0 Å². The zero-order chi connectivity index (χ0) is 14.2. The van der Waals surface area contributed by atoms with Crippen molar-refractivity contribution >= 4 is 29.9 Å². The lowest BCUT2D eigenvalue weighted by Gasteiger charge is -2.22. The number of piperidine rings is 1. The summed E-state index contributed by atoms with van der Waals surface area (Å²) in [5.74, 6) is 1.34. The number of ether oxygens (including phenoxy) is 1. The molecule has 1 amide bonds. The standard InChI is InChI=1S/C15H21ClN2O2.ClH/c16-13-3-5-14(6-4-13)20-9-7-15(19)18-11-12-2-1-8-17-10-12;/h3-6,12,17H,1-2,7-11H2,(H,18,19);1H. The van der Waals surface area contributed by atoms with Crippen molar-refractivity contribution < 1.29 is 9.53 Å². The molecule has 0 radical (unpaired) electrons. The molecule has 0 aliphatic carbocycles. The molecule has 1 aliphatic rings. The first-order valence-corrected chi connectivity index (χ1v) is 7.47. The van der Waals surface area contributed by atoms with Gasteiger partial charge in [0.1, 0.15) is 5.75 Å². The Balaban J connectivity index is 0.00000220. The zero-order valence-corrected chi connectivity index (χ0v) is 13.5. The van der Waals surface area contributed by atoms with E-state index < -0.39 is 0 Å². The second-order valence-corrected chi connectivity index (χ2v) is 5.51. The highest BCUT2D eigenvalue weighted by Gasteiger charge is 2.13. The SMILES string of the molecule is Cl.O=C(CCOc1ccc(Cl)cc1)NCC1CCCNC1. The quantitative estimate of drug-likeness (QED) is 0.841. The molecule has 1 heterocycles. The molecule has 1 aromatic rings. The van der Waals surface area contributed by atoms with Gasteiger partial charge in [0.25, 0.3) is 0 Å². The number of rotatable bonds is 6. The van der Waals surface area contributed by atoms with Gasteiger partial charge in [-0.15, -0.1) is 12.4 Å². The summed E-state index contributed by atoms with van der Waals surface area (Å²) in [5.41, 5.74) is 0. The van der Waals surface area contributed by atoms with E-state index in [0.717, 1.165) is 25.4 Å². The van der Waals surface area contributed by atoms with Crippen LogP contribution in [0.1, 0.15) is 19.3 Å². The number of hydrogen-bond donors (Lipinski definition) is 2. The fraction of sp³-hybridized carbons (Fsp3) is 0.533. The second-order valence-electron chi connectivity index (χ2n) is 5.07. The van der Waals surface area contributed by atoms with Gasteiger partial charge in [-0.05, 0) is 56.1 Å². The monoisotopic (exact) mass is 332 g/mol. The van der Waals surface area contributed by atoms with Crippen LogP contribution in [-0.2, 0) is 4.79 Å². The predicted molar refractivity (Wildman–Crippen MR) is 87.4 cm³/mol. The number of halogens is 2. The lowest BCUT2D eigenvalue weighted by molar-refractivity contribution is -0.121. The van der Waals surface area contributed by atoms with Crippen molar-refractivity contribution in [2.24, 2.45) is 5.92 Å². The van der Waals surface area contributed by atoms with Crippen molar-refractivity contribution in [1.82, 2.24) is 10.6 Å². The van der Waals surface area contributed by atoms with Crippen LogP contribution in [0.25, 0.3) is 0 Å². The van der Waals surface area contributed by atoms with E-state index >= 15 is 0 Å². The van der Waals surface area contributed by atoms with Crippen molar-refractivity contribution in [2.45, 2.75) is 19.3 Å². The van der Waals surface area contributed by atoms with Crippen LogP contribution in [0.2, 0.25) is 5.02 Å². The molecule has 4 nitrogen and oxygen atoms in total. The van der Waals surface area contributed by atoms with Gasteiger partial charge in [-0.3, -0.25) is 4.79 Å². The van der Waals surface area contributed by atoms with Crippen molar-refractivity contribution in [2.75, 3.05) is 26.2 Å². The van der Waals surface area contributed by atoms with Crippen LogP contribution >= 0.6 is 24.0 Å². The summed E-state index contributed by atoms with van der Waals surface area (Å²) in [4.78, 5) is 11.7. The van der Waals surface area contributed by atoms with E-state index in [2.05, 4.69) is 10.6 Å². The Morgan fingerprint density at radius 2 is 2.14 bits per heavy atom. The maximum atomic E-state index is 11.7. The van der Waals surface area contributed by atoms with Gasteiger partial charge in [0, 0.05) is 11.6 Å². The summed E-state index contributed by atoms with van der Waals surface area (Å²) in [6.07, 6.45) is 2.76. The summed E-state index contributed by atoms with van der Waals surface area (Å²) in [6, 6.07) is 7.14. The topological polar surface area (TPSA) is 50.4 Å². The third kappa shape index (κ3) is 7.02. The molecule has 21 heavy (non-hydrogen) atoms. The second kappa shape index (κ2) is 9.87. The van der Waals surface area contributed by atoms with Crippen LogP contribution in [0.3, 0.4) is 0 Å². The highest BCUT2D eigenvalue weighted by atomic mass is 35.5. The van der Waals surface area contributed by atoms with Gasteiger partial charge in [0.2, 0.25) is 5.91 Å². The minimum atomic E-state index is 0. The van der Waals surface area contributed by atoms with E-state index in [1.54, 1.807) is 24.3 Å². The molecule has 1 unspecified atom stereocenters. The average Bonchev–Trinajstić information content (AvgIpc) is 2.48. The lowest BCUT2D eigenvalue weighted by atomic mass is 10.00. The Morgan fingerprint density at radius 1 is 1.38 bits per heavy atom. The molecule has 1 aromatic carbocycles. The van der Waals surface area contributed by atoms with Gasteiger partial charge < -0.3 is 15.4 Å². The molecule has 1 saturated heterocycles. The summed E-state index contributed by atoms with van der Waals surface area (Å²) < 4.78 is 5.49. The first kappa shape index (κ1) is 18.1. The molecule has 2 N–H and O–H groups in total. The van der Waals surface area contributed by atoms with Crippen LogP contribution in [0.5, 0.6) is 5.75 Å². The molecular formula is C15H22Cl2N2O2. The molecule has 1 fully saturated rings. The summed E-state index contributed by atoms with van der Waals surface area (Å²) >= 11 is 5.79. The van der Waals surface area contributed by atoms with Crippen LogP contribution in [0, 0.1) is 5.92 Å². The molecule has 118 valence electrons. The number of benzene rings is 1. The van der Waals surface area contributed by atoms with Gasteiger partial charge in [-0.25, -0.2) is 0 Å². The molecular weight excluding hydrogens is 311 g/mol. The number of hydrogen-bond acceptors (Lipinski definition) is 3. The number of carbonyl (C=O) groups is 1. The van der Waals surface area contributed by atoms with Crippen molar-refractivity contribution in [1.29, 1.82) is 0 Å². The summed E-state index contributed by atoms with van der Waals surface area (Å²) in [5, 5.41) is 6.99. The Bertz CT molecular complexity index is 420. The van der Waals surface area contributed by atoms with E-state index in [9.17, 15) is 4.79 Å². The van der Waals surface area contributed by atoms with Crippen LogP contribution in [0.4, 0.5) is 0 Å². The third-order valence-corrected chi connectivity index (χ3v) is 3.65. The number of nitrogens with one attached hydrogen (secondary N) is 2. The van der Waals surface area contributed by atoms with E-state index in [4.69, 9.17) is 16.3 Å². The fourth-order valence-corrected chi connectivity index (χ4v) is 2.36. The van der Waals surface area contributed by atoms with Crippen molar-refractivity contribution in [3.63, 3.8) is 0 Å². The highest BCUT2D eigenvalue weighted by Crippen LogP contribution is 2.15. The zero-order valence-electron chi connectivity index (χ0n) is 11.9. The predicted octanol–water partition coefficient (Wildman–Crippen LogP) is 2.65. The molecule has 0 saturated carbocycles. The van der Waals surface area contributed by atoms with Crippen LogP contribution in [-0.4, -0.2) is 32.1 Å². The molecule has 0 bridgehead atoms. The first-order valence-electron chi connectivity index (χ1n) is 7.10. The van der Waals surface area contributed by atoms with Gasteiger partial charge in [0.15, 0.2) is 0 Å². The molecule has 6 heteroatoms. The lowest BCUT2D eigenvalue weighted by Crippen LogP contribution is -2.38. The smallest absolute Gasteiger partial charge is 0.223 e. The minimum absolute atomic E-state index is 0. The molecule has 0 spiro atoms. The van der Waals surface area contributed by atoms with Gasteiger partial charge in [0.05, 0.1) is 13.0 Å². The van der Waals surface area contributed by atoms with Crippen LogP contribution in [0.15, 0.2) is 24.3 Å². The summed E-state index contributed by atoms with van der Waals surface area (Å²) in [6.45, 7) is 3.24. The normalized spacial score (nSPS) is 17.7. The fourth-order valence-electron chi connectivity index (χ4n) is 2.24. The average molecular weight is 333 g/mol. The maximum Gasteiger partial charge on any atom is 0.223 e. The minimum Gasteiger partial charge on any atom is -0.493 e. The first-order chi connectivity index (χ1) is 9.74. The Labute approximate surface area is 137 Å². The largest absolute Gasteiger partial charge is 0.493 e. The Kier molecular flexibility index (Phi) is 8.50.